The van der Waals surface area contributed by atoms with E-state index >= 15 is 0 Å². The molecule has 0 aromatic carbocycles. The van der Waals surface area contributed by atoms with Gasteiger partial charge in [0.1, 0.15) is 0 Å². The predicted octanol–water partition coefficient (Wildman–Crippen LogP) is 4.36. The Morgan fingerprint density at radius 3 is 1.24 bits per heavy atom. The second-order valence-electron chi connectivity index (χ2n) is 3.37. The molecule has 0 amide bonds. The number of thioether (sulfide) groups is 2. The Morgan fingerprint density at radius 2 is 1.00 bits per heavy atom. The normalized spacial score (nSPS) is 23.3. The van der Waals surface area contributed by atoms with Crippen molar-refractivity contribution in [3.63, 3.8) is 0 Å². The smallest absolute Gasteiger partial charge is 0.774 e. The number of allylic oxidation sites excluding steroid dienone is 4. The van der Waals surface area contributed by atoms with Crippen molar-refractivity contribution in [3.05, 3.63) is 32.8 Å². The van der Waals surface area contributed by atoms with E-state index in [0.29, 0.717) is 0 Å². The topological polar surface area (TPSA) is 0 Å². The van der Waals surface area contributed by atoms with E-state index in [-0.39, 0.29) is 21.1 Å². The molecule has 0 nitrogen and oxygen atoms in total. The molecule has 2 rings (SSSR count). The van der Waals surface area contributed by atoms with Crippen LogP contribution in [-0.4, -0.2) is 11.5 Å². The second-order valence-corrected chi connectivity index (χ2v) is 6.91. The quantitative estimate of drug-likeness (QED) is 0.371. The second kappa shape index (κ2) is 12.1. The molecule has 17 heavy (non-hydrogen) atoms. The van der Waals surface area contributed by atoms with Gasteiger partial charge in [-0.2, -0.15) is 32.0 Å². The average molecular weight is 484 g/mol. The molecule has 0 saturated heterocycles. The fourth-order valence-corrected chi connectivity index (χ4v) is 3.72. The molecule has 0 atom stereocenters. The molecule has 0 bridgehead atoms. The van der Waals surface area contributed by atoms with Gasteiger partial charge in [-0.25, -0.2) is 0 Å². The molecular weight excluding hydrogens is 467 g/mol. The Hall–Kier alpha value is 1.05. The summed E-state index contributed by atoms with van der Waals surface area (Å²) in [6.07, 6.45) is 14.0. The molecule has 0 aromatic heterocycles. The van der Waals surface area contributed by atoms with Crippen molar-refractivity contribution < 1.29 is 21.1 Å². The number of hydrogen-bond acceptors (Lipinski definition) is 4. The number of rotatable bonds is 0. The van der Waals surface area contributed by atoms with Crippen LogP contribution in [0.4, 0.5) is 0 Å². The summed E-state index contributed by atoms with van der Waals surface area (Å²) in [5.41, 5.74) is 0. The van der Waals surface area contributed by atoms with E-state index in [4.69, 9.17) is 25.3 Å². The van der Waals surface area contributed by atoms with E-state index in [1.165, 1.54) is 25.7 Å². The van der Waals surface area contributed by atoms with Gasteiger partial charge in [0.25, 0.3) is 0 Å². The van der Waals surface area contributed by atoms with Gasteiger partial charge in [0.2, 0.25) is 0 Å². The SMILES string of the molecule is C1=C\CC/C=C\CC/1.[Pt+2].[S-]C1=C([S-])SCCS1. The molecule has 98 valence electrons. The van der Waals surface area contributed by atoms with Gasteiger partial charge in [-0.05, 0) is 25.7 Å². The van der Waals surface area contributed by atoms with Crippen molar-refractivity contribution in [1.82, 2.24) is 0 Å². The summed E-state index contributed by atoms with van der Waals surface area (Å²) in [6.45, 7) is 0. The summed E-state index contributed by atoms with van der Waals surface area (Å²) >= 11 is 13.2. The van der Waals surface area contributed by atoms with Gasteiger partial charge < -0.3 is 25.3 Å². The first-order valence-electron chi connectivity index (χ1n) is 5.44. The molecule has 0 N–H and O–H groups in total. The van der Waals surface area contributed by atoms with E-state index in [1.54, 1.807) is 23.5 Å². The monoisotopic (exact) mass is 483 g/mol. The minimum atomic E-state index is 0. The maximum absolute atomic E-state index is 4.93. The fraction of sp³-hybridized carbons (Fsp3) is 0.500. The molecule has 0 saturated carbocycles. The largest absolute Gasteiger partial charge is 2.00 e. The Labute approximate surface area is 139 Å². The van der Waals surface area contributed by atoms with Crippen LogP contribution in [-0.2, 0) is 46.3 Å². The molecule has 0 unspecified atom stereocenters. The first kappa shape index (κ1) is 18.0. The van der Waals surface area contributed by atoms with Gasteiger partial charge in [-0.3, -0.25) is 0 Å². The third-order valence-corrected chi connectivity index (χ3v) is 5.69. The average Bonchev–Trinajstić information content (AvgIpc) is 2.22. The van der Waals surface area contributed by atoms with Crippen LogP contribution >= 0.6 is 23.5 Å². The summed E-state index contributed by atoms with van der Waals surface area (Å²) in [5.74, 6) is 2.26. The first-order chi connectivity index (χ1) is 7.80. The summed E-state index contributed by atoms with van der Waals surface area (Å²) in [5, 5.41) is 0. The van der Waals surface area contributed by atoms with Gasteiger partial charge in [0.05, 0.1) is 0 Å². The Balaban J connectivity index is 0.000000284. The van der Waals surface area contributed by atoms with E-state index in [9.17, 15) is 0 Å². The van der Waals surface area contributed by atoms with Crippen molar-refractivity contribution in [1.29, 1.82) is 0 Å². The third kappa shape index (κ3) is 9.61. The molecule has 0 spiro atoms. The molecule has 1 aliphatic carbocycles. The zero-order chi connectivity index (χ0) is 11.6. The zero-order valence-corrected chi connectivity index (χ0v) is 15.0. The van der Waals surface area contributed by atoms with E-state index < -0.39 is 0 Å². The van der Waals surface area contributed by atoms with Crippen LogP contribution in [0.3, 0.4) is 0 Å². The standard InChI is InChI=1S/C8H12.C4H6S4.Pt/c1-2-4-6-8-7-5-3-1;5-3-4(6)8-2-1-7-3;/h1-2,7-8H,3-6H2;5-6H,1-2H2;/q;;+2/p-2/b2-1-,8-7-;;. The molecular formula is C12H16PtS4. The molecule has 1 aliphatic heterocycles. The fourth-order valence-electron chi connectivity index (χ4n) is 1.24. The Kier molecular flexibility index (Phi) is 12.8. The van der Waals surface area contributed by atoms with Crippen molar-refractivity contribution >= 4 is 48.8 Å². The molecule has 0 aromatic rings. The van der Waals surface area contributed by atoms with Crippen molar-refractivity contribution in [3.8, 4) is 0 Å². The van der Waals surface area contributed by atoms with E-state index in [0.717, 1.165) is 20.0 Å². The first-order valence-corrected chi connectivity index (χ1v) is 8.23. The maximum Gasteiger partial charge on any atom is 2.00 e. The van der Waals surface area contributed by atoms with Crippen LogP contribution in [0.2, 0.25) is 0 Å². The van der Waals surface area contributed by atoms with Gasteiger partial charge in [-0.1, -0.05) is 24.3 Å². The number of hydrogen-bond donors (Lipinski definition) is 0. The van der Waals surface area contributed by atoms with Crippen LogP contribution in [0.1, 0.15) is 25.7 Å². The van der Waals surface area contributed by atoms with Gasteiger partial charge in [-0.15, -0.1) is 0 Å². The van der Waals surface area contributed by atoms with Crippen LogP contribution < -0.4 is 0 Å². The van der Waals surface area contributed by atoms with E-state index in [1.807, 2.05) is 0 Å². The summed E-state index contributed by atoms with van der Waals surface area (Å²) in [6, 6.07) is 0. The molecule has 0 radical (unpaired) electrons. The molecule has 0 fully saturated rings. The minimum Gasteiger partial charge on any atom is -0.774 e. The van der Waals surface area contributed by atoms with Crippen LogP contribution in [0.25, 0.3) is 0 Å². The van der Waals surface area contributed by atoms with Crippen molar-refractivity contribution in [2.45, 2.75) is 25.7 Å². The zero-order valence-electron chi connectivity index (χ0n) is 9.50. The summed E-state index contributed by atoms with van der Waals surface area (Å²) in [7, 11) is 0. The molecule has 5 heteroatoms. The third-order valence-electron chi connectivity index (χ3n) is 2.05. The minimum absolute atomic E-state index is 0. The van der Waals surface area contributed by atoms with Crippen LogP contribution in [0.5, 0.6) is 0 Å². The Morgan fingerprint density at radius 1 is 0.706 bits per heavy atom. The van der Waals surface area contributed by atoms with E-state index in [2.05, 4.69) is 24.3 Å². The summed E-state index contributed by atoms with van der Waals surface area (Å²) < 4.78 is 1.83. The van der Waals surface area contributed by atoms with Gasteiger partial charge in [0, 0.05) is 11.5 Å². The predicted molar refractivity (Wildman–Crippen MR) is 83.4 cm³/mol. The van der Waals surface area contributed by atoms with Crippen molar-refractivity contribution in [2.24, 2.45) is 0 Å². The van der Waals surface area contributed by atoms with Crippen LogP contribution in [0.15, 0.2) is 32.8 Å². The maximum atomic E-state index is 4.93. The van der Waals surface area contributed by atoms with Crippen LogP contribution in [0, 0.1) is 0 Å². The molecule has 2 aliphatic rings. The van der Waals surface area contributed by atoms with Gasteiger partial charge in [0.15, 0.2) is 0 Å². The summed E-state index contributed by atoms with van der Waals surface area (Å²) in [4.78, 5) is 0. The molecule has 1 heterocycles. The van der Waals surface area contributed by atoms with Gasteiger partial charge >= 0.3 is 21.1 Å². The Bertz CT molecular complexity index is 244. The van der Waals surface area contributed by atoms with Crippen molar-refractivity contribution in [2.75, 3.05) is 11.5 Å².